The number of nitrogens with zero attached hydrogens (tertiary/aromatic N) is 2. The van der Waals surface area contributed by atoms with Crippen molar-refractivity contribution in [3.05, 3.63) is 27.9 Å². The summed E-state index contributed by atoms with van der Waals surface area (Å²) in [5.74, 6) is 0.470. The minimum Gasteiger partial charge on any atom is -0.396 e. The number of aliphatic hydroxyl groups excluding tert-OH is 1. The van der Waals surface area contributed by atoms with Crippen LogP contribution in [0.1, 0.15) is 24.8 Å². The second kappa shape index (κ2) is 5.30. The van der Waals surface area contributed by atoms with E-state index in [9.17, 15) is 15.2 Å². The highest BCUT2D eigenvalue weighted by molar-refractivity contribution is 5.60. The van der Waals surface area contributed by atoms with Crippen LogP contribution in [0.5, 0.6) is 0 Å². The lowest BCUT2D eigenvalue weighted by Gasteiger charge is -2.19. The first-order chi connectivity index (χ1) is 8.63. The summed E-state index contributed by atoms with van der Waals surface area (Å²) in [7, 11) is 0. The fourth-order valence-corrected chi connectivity index (χ4v) is 2.51. The molecule has 0 aliphatic heterocycles. The zero-order valence-corrected chi connectivity index (χ0v) is 10.3. The van der Waals surface area contributed by atoms with Crippen molar-refractivity contribution in [2.45, 2.75) is 32.2 Å². The molecular formula is C12H17N3O3. The Morgan fingerprint density at radius 1 is 1.61 bits per heavy atom. The highest BCUT2D eigenvalue weighted by Crippen LogP contribution is 2.32. The molecule has 2 N–H and O–H groups in total. The Balaban J connectivity index is 2.23. The van der Waals surface area contributed by atoms with Gasteiger partial charge in [-0.2, -0.15) is 0 Å². The van der Waals surface area contributed by atoms with Crippen LogP contribution in [0, 0.1) is 23.0 Å². The van der Waals surface area contributed by atoms with Gasteiger partial charge in [0.15, 0.2) is 0 Å². The van der Waals surface area contributed by atoms with Crippen LogP contribution in [0.2, 0.25) is 0 Å². The van der Waals surface area contributed by atoms with Crippen LogP contribution in [0.3, 0.4) is 0 Å². The summed E-state index contributed by atoms with van der Waals surface area (Å²) in [5.41, 5.74) is 0.622. The van der Waals surface area contributed by atoms with E-state index in [1.165, 1.54) is 0 Å². The molecule has 98 valence electrons. The minimum absolute atomic E-state index is 0.0288. The summed E-state index contributed by atoms with van der Waals surface area (Å²) >= 11 is 0. The third kappa shape index (κ3) is 2.43. The number of nitro groups is 1. The number of nitrogens with one attached hydrogen (secondary N) is 1. The lowest BCUT2D eigenvalue weighted by molar-refractivity contribution is -0.384. The van der Waals surface area contributed by atoms with Gasteiger partial charge in [0.2, 0.25) is 5.82 Å². The molecule has 2 unspecified atom stereocenters. The van der Waals surface area contributed by atoms with Gasteiger partial charge < -0.3 is 10.4 Å². The van der Waals surface area contributed by atoms with Crippen LogP contribution in [-0.4, -0.2) is 27.7 Å². The zero-order valence-electron chi connectivity index (χ0n) is 10.3. The SMILES string of the molecule is Cc1ccnc(NC2CCCC2CO)c1[N+](=O)[O-]. The predicted molar refractivity (Wildman–Crippen MR) is 67.5 cm³/mol. The maximum absolute atomic E-state index is 11.0. The third-order valence-corrected chi connectivity index (χ3v) is 3.52. The van der Waals surface area contributed by atoms with E-state index >= 15 is 0 Å². The second-order valence-electron chi connectivity index (χ2n) is 4.71. The molecule has 2 rings (SSSR count). The standard InChI is InChI=1S/C12H17N3O3/c1-8-5-6-13-12(11(8)15(17)18)14-10-4-2-3-9(10)7-16/h5-6,9-10,16H,2-4,7H2,1H3,(H,13,14). The van der Waals surface area contributed by atoms with Crippen molar-refractivity contribution in [1.82, 2.24) is 4.98 Å². The summed E-state index contributed by atoms with van der Waals surface area (Å²) in [6, 6.07) is 1.70. The largest absolute Gasteiger partial charge is 0.396 e. The molecule has 2 atom stereocenters. The summed E-state index contributed by atoms with van der Waals surface area (Å²) in [6.45, 7) is 1.81. The molecule has 6 nitrogen and oxygen atoms in total. The van der Waals surface area contributed by atoms with Gasteiger partial charge in [-0.1, -0.05) is 6.42 Å². The number of rotatable bonds is 4. The van der Waals surface area contributed by atoms with E-state index in [1.54, 1.807) is 19.2 Å². The van der Waals surface area contributed by atoms with E-state index in [1.807, 2.05) is 0 Å². The molecule has 1 heterocycles. The Hall–Kier alpha value is -1.69. The van der Waals surface area contributed by atoms with Crippen LogP contribution in [0.15, 0.2) is 12.3 Å². The second-order valence-corrected chi connectivity index (χ2v) is 4.71. The Morgan fingerprint density at radius 2 is 2.39 bits per heavy atom. The molecule has 0 radical (unpaired) electrons. The van der Waals surface area contributed by atoms with Gasteiger partial charge >= 0.3 is 5.69 Å². The van der Waals surface area contributed by atoms with Crippen LogP contribution >= 0.6 is 0 Å². The lowest BCUT2D eigenvalue weighted by Crippen LogP contribution is -2.27. The molecule has 1 aliphatic rings. The average Bonchev–Trinajstić information content (AvgIpc) is 2.76. The van der Waals surface area contributed by atoms with E-state index < -0.39 is 4.92 Å². The van der Waals surface area contributed by atoms with Crippen LogP contribution < -0.4 is 5.32 Å². The Labute approximate surface area is 105 Å². The molecule has 0 spiro atoms. The number of hydrogen-bond acceptors (Lipinski definition) is 5. The normalized spacial score (nSPS) is 23.0. The molecule has 18 heavy (non-hydrogen) atoms. The summed E-state index contributed by atoms with van der Waals surface area (Å²) in [5, 5.41) is 23.4. The smallest absolute Gasteiger partial charge is 0.314 e. The highest BCUT2D eigenvalue weighted by Gasteiger charge is 2.29. The van der Waals surface area contributed by atoms with E-state index in [0.717, 1.165) is 19.3 Å². The van der Waals surface area contributed by atoms with Crippen molar-refractivity contribution < 1.29 is 10.0 Å². The summed E-state index contributed by atoms with van der Waals surface area (Å²) in [6.07, 6.45) is 4.46. The van der Waals surface area contributed by atoms with Crippen molar-refractivity contribution in [3.8, 4) is 0 Å². The van der Waals surface area contributed by atoms with E-state index in [0.29, 0.717) is 11.4 Å². The van der Waals surface area contributed by atoms with Crippen LogP contribution in [0.4, 0.5) is 11.5 Å². The molecule has 1 fully saturated rings. The van der Waals surface area contributed by atoms with Gasteiger partial charge in [-0.05, 0) is 25.8 Å². The fourth-order valence-electron chi connectivity index (χ4n) is 2.51. The Bertz CT molecular complexity index is 450. The van der Waals surface area contributed by atoms with Crippen molar-refractivity contribution in [2.24, 2.45) is 5.92 Å². The maximum atomic E-state index is 11.0. The summed E-state index contributed by atoms with van der Waals surface area (Å²) < 4.78 is 0. The van der Waals surface area contributed by atoms with Crippen LogP contribution in [-0.2, 0) is 0 Å². The molecule has 0 bridgehead atoms. The molecule has 6 heteroatoms. The van der Waals surface area contributed by atoms with Gasteiger partial charge in [0, 0.05) is 30.3 Å². The molecule has 0 amide bonds. The van der Waals surface area contributed by atoms with Crippen molar-refractivity contribution in [1.29, 1.82) is 0 Å². The maximum Gasteiger partial charge on any atom is 0.314 e. The zero-order chi connectivity index (χ0) is 13.1. The lowest BCUT2D eigenvalue weighted by atomic mass is 10.1. The van der Waals surface area contributed by atoms with Gasteiger partial charge in [0.25, 0.3) is 0 Å². The van der Waals surface area contributed by atoms with Crippen molar-refractivity contribution in [3.63, 3.8) is 0 Å². The minimum atomic E-state index is -0.409. The number of pyridine rings is 1. The van der Waals surface area contributed by atoms with Crippen molar-refractivity contribution >= 4 is 11.5 Å². The van der Waals surface area contributed by atoms with E-state index in [-0.39, 0.29) is 24.3 Å². The quantitative estimate of drug-likeness (QED) is 0.630. The van der Waals surface area contributed by atoms with Crippen LogP contribution in [0.25, 0.3) is 0 Å². The van der Waals surface area contributed by atoms with Crippen molar-refractivity contribution in [2.75, 3.05) is 11.9 Å². The van der Waals surface area contributed by atoms with E-state index in [4.69, 9.17) is 0 Å². The van der Waals surface area contributed by atoms with Gasteiger partial charge in [-0.15, -0.1) is 0 Å². The summed E-state index contributed by atoms with van der Waals surface area (Å²) in [4.78, 5) is 14.7. The topological polar surface area (TPSA) is 88.3 Å². The monoisotopic (exact) mass is 251 g/mol. The number of aromatic nitrogens is 1. The molecule has 1 aliphatic carbocycles. The van der Waals surface area contributed by atoms with Gasteiger partial charge in [-0.25, -0.2) is 4.98 Å². The molecule has 0 saturated heterocycles. The third-order valence-electron chi connectivity index (χ3n) is 3.52. The van der Waals surface area contributed by atoms with Gasteiger partial charge in [0.05, 0.1) is 4.92 Å². The Morgan fingerprint density at radius 3 is 3.06 bits per heavy atom. The number of anilines is 1. The number of aryl methyl sites for hydroxylation is 1. The highest BCUT2D eigenvalue weighted by atomic mass is 16.6. The first-order valence-electron chi connectivity index (χ1n) is 6.11. The number of aliphatic hydroxyl groups is 1. The molecule has 0 aromatic carbocycles. The fraction of sp³-hybridized carbons (Fsp3) is 0.583. The van der Waals surface area contributed by atoms with E-state index in [2.05, 4.69) is 10.3 Å². The predicted octanol–water partition coefficient (Wildman–Crippen LogP) is 1.87. The first kappa shape index (κ1) is 12.8. The first-order valence-corrected chi connectivity index (χ1v) is 6.11. The molecule has 1 aromatic rings. The molecule has 1 saturated carbocycles. The molecule has 1 aromatic heterocycles. The average molecular weight is 251 g/mol. The number of hydrogen-bond donors (Lipinski definition) is 2. The van der Waals surface area contributed by atoms with Gasteiger partial charge in [0.1, 0.15) is 0 Å². The Kier molecular flexibility index (Phi) is 3.76. The molecular weight excluding hydrogens is 234 g/mol. The van der Waals surface area contributed by atoms with Gasteiger partial charge in [-0.3, -0.25) is 10.1 Å².